The van der Waals surface area contributed by atoms with Crippen LogP contribution in [0.25, 0.3) is 0 Å². The molecule has 21 heavy (non-hydrogen) atoms. The molecule has 0 saturated heterocycles. The van der Waals surface area contributed by atoms with E-state index in [0.717, 1.165) is 23.8 Å². The van der Waals surface area contributed by atoms with E-state index >= 15 is 0 Å². The molecule has 0 radical (unpaired) electrons. The molecule has 1 aromatic heterocycles. The molecule has 0 amide bonds. The number of nitrogens with one attached hydrogen (secondary N) is 1. The quantitative estimate of drug-likeness (QED) is 0.853. The lowest BCUT2D eigenvalue weighted by atomic mass is 9.72. The molecule has 1 atom stereocenters. The fraction of sp³-hybridized carbons (Fsp3) is 0.706. The molecule has 0 aliphatic heterocycles. The molecule has 1 heterocycles. The first-order chi connectivity index (χ1) is 9.86. The number of anilines is 1. The Kier molecular flexibility index (Phi) is 4.97. The molecular weight excluding hydrogens is 282 g/mol. The van der Waals surface area contributed by atoms with E-state index in [0.29, 0.717) is 18.4 Å². The van der Waals surface area contributed by atoms with Gasteiger partial charge < -0.3 is 10.1 Å². The number of ether oxygens (including phenoxy) is 1. The van der Waals surface area contributed by atoms with Crippen molar-refractivity contribution in [2.45, 2.75) is 53.4 Å². The summed E-state index contributed by atoms with van der Waals surface area (Å²) in [5.41, 5.74) is 2.92. The third-order valence-electron chi connectivity index (χ3n) is 4.45. The van der Waals surface area contributed by atoms with Gasteiger partial charge in [0.15, 0.2) is 0 Å². The largest absolute Gasteiger partial charge is 0.466 e. The monoisotopic (exact) mass is 309 g/mol. The SMILES string of the molecule is CCOC(=O)Cc1c(NC)sc2c1CCC(C(C)(C)C)C2. The number of carbonyl (C=O) groups excluding carboxylic acids is 1. The highest BCUT2D eigenvalue weighted by Gasteiger charge is 2.32. The van der Waals surface area contributed by atoms with Crippen molar-refractivity contribution in [2.24, 2.45) is 11.3 Å². The summed E-state index contributed by atoms with van der Waals surface area (Å²) in [4.78, 5) is 13.3. The van der Waals surface area contributed by atoms with E-state index < -0.39 is 0 Å². The van der Waals surface area contributed by atoms with Crippen LogP contribution in [-0.2, 0) is 28.8 Å². The summed E-state index contributed by atoms with van der Waals surface area (Å²) in [6.07, 6.45) is 3.84. The highest BCUT2D eigenvalue weighted by molar-refractivity contribution is 7.16. The molecule has 0 saturated carbocycles. The normalized spacial score (nSPS) is 18.2. The number of hydrogen-bond donors (Lipinski definition) is 1. The molecular formula is C17H27NO2S. The second kappa shape index (κ2) is 6.39. The lowest BCUT2D eigenvalue weighted by Gasteiger charge is -2.34. The van der Waals surface area contributed by atoms with Crippen molar-refractivity contribution in [3.8, 4) is 0 Å². The highest BCUT2D eigenvalue weighted by atomic mass is 32.1. The molecule has 2 rings (SSSR count). The third kappa shape index (κ3) is 3.60. The van der Waals surface area contributed by atoms with Crippen LogP contribution in [0.1, 0.15) is 50.1 Å². The zero-order valence-corrected chi connectivity index (χ0v) is 14.7. The molecule has 1 unspecified atom stereocenters. The molecule has 3 nitrogen and oxygen atoms in total. The summed E-state index contributed by atoms with van der Waals surface area (Å²) < 4.78 is 5.12. The predicted octanol–water partition coefficient (Wildman–Crippen LogP) is 4.05. The topological polar surface area (TPSA) is 38.3 Å². The first-order valence-corrected chi connectivity index (χ1v) is 8.65. The molecule has 0 bridgehead atoms. The number of thiophene rings is 1. The molecule has 1 aliphatic carbocycles. The number of esters is 1. The van der Waals surface area contributed by atoms with Gasteiger partial charge in [-0.1, -0.05) is 20.8 Å². The van der Waals surface area contributed by atoms with Crippen LogP contribution in [-0.4, -0.2) is 19.6 Å². The fourth-order valence-electron chi connectivity index (χ4n) is 3.14. The molecule has 0 aromatic carbocycles. The van der Waals surface area contributed by atoms with Crippen molar-refractivity contribution < 1.29 is 9.53 Å². The second-order valence-electron chi connectivity index (χ2n) is 6.85. The van der Waals surface area contributed by atoms with Gasteiger partial charge in [-0.15, -0.1) is 11.3 Å². The van der Waals surface area contributed by atoms with Gasteiger partial charge in [-0.05, 0) is 43.1 Å². The molecule has 0 spiro atoms. The number of fused-ring (bicyclic) bond motifs is 1. The van der Waals surface area contributed by atoms with Crippen molar-refractivity contribution in [3.63, 3.8) is 0 Å². The van der Waals surface area contributed by atoms with Gasteiger partial charge in [0, 0.05) is 17.5 Å². The van der Waals surface area contributed by atoms with Gasteiger partial charge in [-0.2, -0.15) is 0 Å². The van der Waals surface area contributed by atoms with Gasteiger partial charge in [0.25, 0.3) is 0 Å². The number of hydrogen-bond acceptors (Lipinski definition) is 4. The summed E-state index contributed by atoms with van der Waals surface area (Å²) in [7, 11) is 1.94. The van der Waals surface area contributed by atoms with Gasteiger partial charge in [0.05, 0.1) is 18.0 Å². The third-order valence-corrected chi connectivity index (χ3v) is 5.77. The van der Waals surface area contributed by atoms with Crippen molar-refractivity contribution >= 4 is 22.3 Å². The maximum absolute atomic E-state index is 11.8. The molecule has 4 heteroatoms. The zero-order chi connectivity index (χ0) is 15.6. The lowest BCUT2D eigenvalue weighted by molar-refractivity contribution is -0.142. The average molecular weight is 309 g/mol. The summed E-state index contributed by atoms with van der Waals surface area (Å²) in [5.74, 6) is 0.608. The Morgan fingerprint density at radius 1 is 1.43 bits per heavy atom. The number of carbonyl (C=O) groups is 1. The highest BCUT2D eigenvalue weighted by Crippen LogP contribution is 2.44. The summed E-state index contributed by atoms with van der Waals surface area (Å²) in [6.45, 7) is 9.29. The Balaban J connectivity index is 2.25. The van der Waals surface area contributed by atoms with Gasteiger partial charge in [0.2, 0.25) is 0 Å². The lowest BCUT2D eigenvalue weighted by Crippen LogP contribution is -2.26. The first kappa shape index (κ1) is 16.3. The standard InChI is InChI=1S/C17H27NO2S/c1-6-20-15(19)10-13-12-8-7-11(17(2,3)4)9-14(12)21-16(13)18-5/h11,18H,6-10H2,1-5H3. The van der Waals surface area contributed by atoms with E-state index in [-0.39, 0.29) is 5.97 Å². The Morgan fingerprint density at radius 2 is 2.14 bits per heavy atom. The minimum absolute atomic E-state index is 0.118. The van der Waals surface area contributed by atoms with Crippen LogP contribution in [0.4, 0.5) is 5.00 Å². The van der Waals surface area contributed by atoms with Crippen molar-refractivity contribution in [1.29, 1.82) is 0 Å². The second-order valence-corrected chi connectivity index (χ2v) is 7.95. The van der Waals surface area contributed by atoms with Crippen LogP contribution >= 0.6 is 11.3 Å². The van der Waals surface area contributed by atoms with Crippen LogP contribution < -0.4 is 5.32 Å². The smallest absolute Gasteiger partial charge is 0.310 e. The van der Waals surface area contributed by atoms with E-state index in [2.05, 4.69) is 26.1 Å². The van der Waals surface area contributed by atoms with Crippen LogP contribution in [0.2, 0.25) is 0 Å². The van der Waals surface area contributed by atoms with E-state index in [1.165, 1.54) is 22.4 Å². The minimum atomic E-state index is -0.118. The summed E-state index contributed by atoms with van der Waals surface area (Å²) >= 11 is 1.82. The fourth-order valence-corrected chi connectivity index (χ4v) is 4.44. The van der Waals surface area contributed by atoms with Gasteiger partial charge >= 0.3 is 5.97 Å². The van der Waals surface area contributed by atoms with Crippen molar-refractivity contribution in [1.82, 2.24) is 0 Å². The zero-order valence-electron chi connectivity index (χ0n) is 13.8. The molecule has 1 aromatic rings. The summed E-state index contributed by atoms with van der Waals surface area (Å²) in [6, 6.07) is 0. The first-order valence-electron chi connectivity index (χ1n) is 7.83. The van der Waals surface area contributed by atoms with E-state index in [4.69, 9.17) is 4.74 Å². The van der Waals surface area contributed by atoms with Gasteiger partial charge in [0.1, 0.15) is 0 Å². The van der Waals surface area contributed by atoms with Crippen LogP contribution in [0.5, 0.6) is 0 Å². The Hall–Kier alpha value is -1.03. The predicted molar refractivity (Wildman–Crippen MR) is 89.2 cm³/mol. The number of rotatable bonds is 4. The van der Waals surface area contributed by atoms with Crippen molar-refractivity contribution in [3.05, 3.63) is 16.0 Å². The maximum atomic E-state index is 11.8. The van der Waals surface area contributed by atoms with Crippen molar-refractivity contribution in [2.75, 3.05) is 19.0 Å². The Bertz CT molecular complexity index is 514. The maximum Gasteiger partial charge on any atom is 0.310 e. The Morgan fingerprint density at radius 3 is 2.71 bits per heavy atom. The Labute approximate surface area is 132 Å². The molecule has 118 valence electrons. The van der Waals surface area contributed by atoms with Gasteiger partial charge in [-0.3, -0.25) is 4.79 Å². The minimum Gasteiger partial charge on any atom is -0.466 e. The molecule has 1 aliphatic rings. The summed E-state index contributed by atoms with van der Waals surface area (Å²) in [5, 5.41) is 4.41. The van der Waals surface area contributed by atoms with Crippen LogP contribution in [0.15, 0.2) is 0 Å². The van der Waals surface area contributed by atoms with Crippen LogP contribution in [0.3, 0.4) is 0 Å². The van der Waals surface area contributed by atoms with Crippen LogP contribution in [0, 0.1) is 11.3 Å². The van der Waals surface area contributed by atoms with E-state index in [1.54, 1.807) is 0 Å². The molecule has 1 N–H and O–H groups in total. The van der Waals surface area contributed by atoms with Gasteiger partial charge in [-0.25, -0.2) is 0 Å². The van der Waals surface area contributed by atoms with E-state index in [1.807, 2.05) is 25.3 Å². The van der Waals surface area contributed by atoms with E-state index in [9.17, 15) is 4.79 Å². The average Bonchev–Trinajstić information content (AvgIpc) is 2.75. The molecule has 0 fully saturated rings.